The van der Waals surface area contributed by atoms with Crippen LogP contribution in [0.1, 0.15) is 30.9 Å². The second-order valence-electron chi connectivity index (χ2n) is 7.98. The van der Waals surface area contributed by atoms with E-state index in [1.807, 2.05) is 6.07 Å². The molecule has 1 unspecified atom stereocenters. The smallest absolute Gasteiger partial charge is 0.241 e. The Morgan fingerprint density at radius 3 is 2.63 bits per heavy atom. The van der Waals surface area contributed by atoms with Crippen molar-refractivity contribution in [2.45, 2.75) is 44.2 Å². The molecular weight excluding hydrogens is 402 g/mol. The fraction of sp³-hybridized carbons (Fsp3) is 0.619. The van der Waals surface area contributed by atoms with Gasteiger partial charge in [0.15, 0.2) is 15.8 Å². The zero-order chi connectivity index (χ0) is 22.3. The minimum atomic E-state index is -3.24. The van der Waals surface area contributed by atoms with Crippen molar-refractivity contribution in [1.29, 1.82) is 0 Å². The van der Waals surface area contributed by atoms with Crippen LogP contribution in [0.3, 0.4) is 0 Å². The SMILES string of the molecule is CCN1CCCC1CNC(=NCc1ccc(S(C)(=O)=O)c(C)c1)NCC(=O)N(C)C. The fourth-order valence-corrected chi connectivity index (χ4v) is 4.60. The van der Waals surface area contributed by atoms with E-state index in [0.29, 0.717) is 29.0 Å². The minimum Gasteiger partial charge on any atom is -0.355 e. The molecule has 1 aromatic carbocycles. The van der Waals surface area contributed by atoms with Gasteiger partial charge >= 0.3 is 0 Å². The summed E-state index contributed by atoms with van der Waals surface area (Å²) in [5.41, 5.74) is 1.62. The average molecular weight is 438 g/mol. The van der Waals surface area contributed by atoms with Crippen molar-refractivity contribution >= 4 is 21.7 Å². The number of guanidine groups is 1. The summed E-state index contributed by atoms with van der Waals surface area (Å²) in [4.78, 5) is 20.9. The van der Waals surface area contributed by atoms with E-state index in [1.54, 1.807) is 33.2 Å². The van der Waals surface area contributed by atoms with Crippen LogP contribution >= 0.6 is 0 Å². The predicted octanol–water partition coefficient (Wildman–Crippen LogP) is 1.01. The maximum atomic E-state index is 12.0. The first-order valence-corrected chi connectivity index (χ1v) is 12.3. The lowest BCUT2D eigenvalue weighted by Crippen LogP contribution is -2.47. The molecule has 30 heavy (non-hydrogen) atoms. The average Bonchev–Trinajstić information content (AvgIpc) is 3.13. The van der Waals surface area contributed by atoms with Gasteiger partial charge in [0, 0.05) is 32.9 Å². The number of aryl methyl sites for hydroxylation is 1. The molecule has 2 rings (SSSR count). The van der Waals surface area contributed by atoms with Crippen molar-refractivity contribution in [1.82, 2.24) is 20.4 Å². The van der Waals surface area contributed by atoms with E-state index in [4.69, 9.17) is 0 Å². The number of benzene rings is 1. The normalized spacial score (nSPS) is 17.8. The number of rotatable bonds is 8. The number of carbonyl (C=O) groups excluding carboxylic acids is 1. The van der Waals surface area contributed by atoms with Gasteiger partial charge in [0.1, 0.15) is 0 Å². The third-order valence-corrected chi connectivity index (χ3v) is 6.63. The van der Waals surface area contributed by atoms with Crippen molar-refractivity contribution < 1.29 is 13.2 Å². The van der Waals surface area contributed by atoms with Gasteiger partial charge in [-0.2, -0.15) is 0 Å². The summed E-state index contributed by atoms with van der Waals surface area (Å²) in [5.74, 6) is 0.548. The molecule has 0 radical (unpaired) electrons. The number of aliphatic imine (C=N–C) groups is 1. The van der Waals surface area contributed by atoms with Crippen molar-refractivity contribution in [3.8, 4) is 0 Å². The monoisotopic (exact) mass is 437 g/mol. The van der Waals surface area contributed by atoms with E-state index < -0.39 is 9.84 Å². The van der Waals surface area contributed by atoms with Crippen LogP contribution in [0.5, 0.6) is 0 Å². The van der Waals surface area contributed by atoms with Crippen LogP contribution in [-0.2, 0) is 21.2 Å². The summed E-state index contributed by atoms with van der Waals surface area (Å²) in [6.07, 6.45) is 3.56. The molecule has 0 saturated carbocycles. The Labute approximate surface area is 180 Å². The third-order valence-electron chi connectivity index (χ3n) is 5.37. The maximum absolute atomic E-state index is 12.0. The Kier molecular flexibility index (Phi) is 8.66. The lowest BCUT2D eigenvalue weighted by Gasteiger charge is -2.24. The Morgan fingerprint density at radius 1 is 1.30 bits per heavy atom. The fourth-order valence-electron chi connectivity index (χ4n) is 3.65. The first-order chi connectivity index (χ1) is 14.1. The van der Waals surface area contributed by atoms with Gasteiger partial charge in [0.2, 0.25) is 5.91 Å². The van der Waals surface area contributed by atoms with Crippen LogP contribution in [0.4, 0.5) is 0 Å². The number of likely N-dealkylation sites (N-methyl/N-ethyl adjacent to an activating group) is 2. The minimum absolute atomic E-state index is 0.0334. The molecule has 0 aliphatic carbocycles. The standard InChI is InChI=1S/C21H35N5O3S/c1-6-26-11-7-8-18(26)14-23-21(24-15-20(27)25(3)4)22-13-17-9-10-19(16(2)12-17)30(5,28)29/h9-10,12,18H,6-8,11,13-15H2,1-5H3,(H2,22,23,24). The zero-order valence-corrected chi connectivity index (χ0v) is 19.6. The largest absolute Gasteiger partial charge is 0.355 e. The highest BCUT2D eigenvalue weighted by molar-refractivity contribution is 7.90. The first kappa shape index (κ1) is 24.1. The Balaban J connectivity index is 2.09. The summed E-state index contributed by atoms with van der Waals surface area (Å²) in [5, 5.41) is 6.48. The number of carbonyl (C=O) groups is 1. The molecule has 1 heterocycles. The van der Waals surface area contributed by atoms with E-state index in [0.717, 1.165) is 31.6 Å². The molecule has 1 aliphatic heterocycles. The molecule has 1 atom stereocenters. The lowest BCUT2D eigenvalue weighted by molar-refractivity contribution is -0.127. The summed E-state index contributed by atoms with van der Waals surface area (Å²) in [6.45, 7) is 7.42. The third kappa shape index (κ3) is 6.98. The van der Waals surface area contributed by atoms with Gasteiger partial charge in [-0.15, -0.1) is 0 Å². The molecule has 0 bridgehead atoms. The highest BCUT2D eigenvalue weighted by atomic mass is 32.2. The number of nitrogens with zero attached hydrogens (tertiary/aromatic N) is 3. The summed E-state index contributed by atoms with van der Waals surface area (Å²) < 4.78 is 23.6. The van der Waals surface area contributed by atoms with E-state index in [1.165, 1.54) is 17.6 Å². The molecule has 1 saturated heterocycles. The van der Waals surface area contributed by atoms with Crippen molar-refractivity contribution in [2.75, 3.05) is 46.5 Å². The molecule has 168 valence electrons. The van der Waals surface area contributed by atoms with E-state index in [9.17, 15) is 13.2 Å². The zero-order valence-electron chi connectivity index (χ0n) is 18.7. The van der Waals surface area contributed by atoms with Gasteiger partial charge in [0.05, 0.1) is 18.0 Å². The van der Waals surface area contributed by atoms with Gasteiger partial charge in [-0.25, -0.2) is 13.4 Å². The van der Waals surface area contributed by atoms with E-state index >= 15 is 0 Å². The molecule has 2 N–H and O–H groups in total. The summed E-state index contributed by atoms with van der Waals surface area (Å²) >= 11 is 0. The first-order valence-electron chi connectivity index (χ1n) is 10.4. The van der Waals surface area contributed by atoms with Crippen molar-refractivity contribution in [2.24, 2.45) is 4.99 Å². The number of amides is 1. The van der Waals surface area contributed by atoms with Crippen LogP contribution in [-0.4, -0.2) is 82.7 Å². The van der Waals surface area contributed by atoms with Crippen molar-refractivity contribution in [3.05, 3.63) is 29.3 Å². The van der Waals surface area contributed by atoms with Gasteiger partial charge in [0.25, 0.3) is 0 Å². The summed E-state index contributed by atoms with van der Waals surface area (Å²) in [7, 11) is 0.199. The van der Waals surface area contributed by atoms with Gasteiger partial charge in [-0.1, -0.05) is 19.1 Å². The van der Waals surface area contributed by atoms with Crippen LogP contribution < -0.4 is 10.6 Å². The van der Waals surface area contributed by atoms with E-state index in [2.05, 4.69) is 27.4 Å². The molecule has 0 spiro atoms. The number of sulfone groups is 1. The Morgan fingerprint density at radius 2 is 2.03 bits per heavy atom. The molecule has 8 nitrogen and oxygen atoms in total. The quantitative estimate of drug-likeness (QED) is 0.466. The lowest BCUT2D eigenvalue weighted by atomic mass is 10.1. The second-order valence-corrected chi connectivity index (χ2v) is 9.97. The molecular formula is C21H35N5O3S. The van der Waals surface area contributed by atoms with Crippen LogP contribution in [0.25, 0.3) is 0 Å². The van der Waals surface area contributed by atoms with Crippen LogP contribution in [0.2, 0.25) is 0 Å². The van der Waals surface area contributed by atoms with Crippen molar-refractivity contribution in [3.63, 3.8) is 0 Å². The molecule has 1 aliphatic rings. The summed E-state index contributed by atoms with van der Waals surface area (Å²) in [6, 6.07) is 5.72. The highest BCUT2D eigenvalue weighted by Crippen LogP contribution is 2.17. The van der Waals surface area contributed by atoms with Gasteiger partial charge in [-0.05, 0) is 50.0 Å². The molecule has 1 aromatic rings. The van der Waals surface area contributed by atoms with Crippen LogP contribution in [0, 0.1) is 6.92 Å². The second kappa shape index (κ2) is 10.8. The van der Waals surface area contributed by atoms with Gasteiger partial charge < -0.3 is 15.5 Å². The Bertz CT molecular complexity index is 867. The van der Waals surface area contributed by atoms with Crippen LogP contribution in [0.15, 0.2) is 28.1 Å². The molecule has 1 fully saturated rings. The molecule has 1 amide bonds. The highest BCUT2D eigenvalue weighted by Gasteiger charge is 2.23. The molecule has 0 aromatic heterocycles. The van der Waals surface area contributed by atoms with E-state index in [-0.39, 0.29) is 12.5 Å². The number of hydrogen-bond acceptors (Lipinski definition) is 5. The number of likely N-dealkylation sites (tertiary alicyclic amines) is 1. The Hall–Kier alpha value is -2.13. The van der Waals surface area contributed by atoms with Gasteiger partial charge in [-0.3, -0.25) is 9.69 Å². The predicted molar refractivity (Wildman–Crippen MR) is 120 cm³/mol. The topological polar surface area (TPSA) is 94.1 Å². The number of nitrogens with one attached hydrogen (secondary N) is 2. The molecule has 9 heteroatoms. The number of hydrogen-bond donors (Lipinski definition) is 2. The maximum Gasteiger partial charge on any atom is 0.241 e.